The zero-order chi connectivity index (χ0) is 18.5. The predicted molar refractivity (Wildman–Crippen MR) is 102 cm³/mol. The van der Waals surface area contributed by atoms with Crippen LogP contribution in [0.1, 0.15) is 44.5 Å². The molecule has 0 fully saturated rings. The van der Waals surface area contributed by atoms with Crippen LogP contribution in [-0.2, 0) is 17.8 Å². The van der Waals surface area contributed by atoms with Gasteiger partial charge in [-0.25, -0.2) is 9.97 Å². The molecule has 6 heteroatoms. The van der Waals surface area contributed by atoms with Gasteiger partial charge in [0, 0.05) is 12.8 Å². The van der Waals surface area contributed by atoms with Crippen LogP contribution in [-0.4, -0.2) is 25.5 Å². The highest BCUT2D eigenvalue weighted by Gasteiger charge is 2.13. The third-order valence-electron chi connectivity index (χ3n) is 4.17. The van der Waals surface area contributed by atoms with Crippen LogP contribution in [0.25, 0.3) is 11.2 Å². The highest BCUT2D eigenvalue weighted by molar-refractivity contribution is 5.90. The Morgan fingerprint density at radius 2 is 1.85 bits per heavy atom. The van der Waals surface area contributed by atoms with Crippen LogP contribution in [0.4, 0.5) is 5.82 Å². The standard InChI is InChI=1S/C20H24N4O2/c1-3-5-18-21-16-11-12-17(22-19(26)6-4-2)23-20(16)24(18)13-14-7-9-15(25)10-8-14/h7-12,25H,3-6,13H2,1-2H3,(H,22,23,26). The normalized spacial score (nSPS) is 11.0. The van der Waals surface area contributed by atoms with Gasteiger partial charge < -0.3 is 15.0 Å². The lowest BCUT2D eigenvalue weighted by atomic mass is 10.2. The second-order valence-corrected chi connectivity index (χ2v) is 6.37. The zero-order valence-corrected chi connectivity index (χ0v) is 15.2. The Bertz CT molecular complexity index is 900. The van der Waals surface area contributed by atoms with Crippen molar-refractivity contribution in [1.29, 1.82) is 0 Å². The monoisotopic (exact) mass is 352 g/mol. The molecule has 0 spiro atoms. The molecule has 0 saturated carbocycles. The molecule has 0 radical (unpaired) electrons. The molecule has 0 atom stereocenters. The molecule has 0 saturated heterocycles. The molecule has 26 heavy (non-hydrogen) atoms. The van der Waals surface area contributed by atoms with E-state index in [4.69, 9.17) is 4.98 Å². The minimum Gasteiger partial charge on any atom is -0.508 e. The first-order valence-corrected chi connectivity index (χ1v) is 9.04. The number of phenolic OH excluding ortho intramolecular Hbond substituents is 1. The fraction of sp³-hybridized carbons (Fsp3) is 0.350. The van der Waals surface area contributed by atoms with E-state index in [1.807, 2.05) is 25.1 Å². The van der Waals surface area contributed by atoms with Crippen molar-refractivity contribution < 1.29 is 9.90 Å². The van der Waals surface area contributed by atoms with E-state index in [1.54, 1.807) is 18.2 Å². The number of anilines is 1. The smallest absolute Gasteiger partial charge is 0.225 e. The average Bonchev–Trinajstić information content (AvgIpc) is 2.94. The van der Waals surface area contributed by atoms with E-state index in [0.29, 0.717) is 18.8 Å². The SMILES string of the molecule is CCCC(=O)Nc1ccc2nc(CCC)n(Cc3ccc(O)cc3)c2n1. The third kappa shape index (κ3) is 4.02. The van der Waals surface area contributed by atoms with E-state index in [0.717, 1.165) is 41.8 Å². The van der Waals surface area contributed by atoms with Gasteiger partial charge in [-0.2, -0.15) is 0 Å². The number of fused-ring (bicyclic) bond motifs is 1. The Morgan fingerprint density at radius 1 is 1.08 bits per heavy atom. The summed E-state index contributed by atoms with van der Waals surface area (Å²) in [6, 6.07) is 10.8. The van der Waals surface area contributed by atoms with Gasteiger partial charge >= 0.3 is 0 Å². The second kappa shape index (κ2) is 7.99. The van der Waals surface area contributed by atoms with E-state index < -0.39 is 0 Å². The number of imidazole rings is 1. The van der Waals surface area contributed by atoms with Crippen LogP contribution in [0.2, 0.25) is 0 Å². The number of aromatic nitrogens is 3. The molecule has 3 aromatic rings. The maximum Gasteiger partial charge on any atom is 0.225 e. The van der Waals surface area contributed by atoms with Crippen molar-refractivity contribution in [3.05, 3.63) is 47.8 Å². The van der Waals surface area contributed by atoms with Crippen molar-refractivity contribution in [1.82, 2.24) is 14.5 Å². The van der Waals surface area contributed by atoms with Crippen LogP contribution >= 0.6 is 0 Å². The molecule has 2 heterocycles. The number of phenols is 1. The van der Waals surface area contributed by atoms with E-state index in [2.05, 4.69) is 21.8 Å². The highest BCUT2D eigenvalue weighted by atomic mass is 16.3. The Hall–Kier alpha value is -2.89. The first-order valence-electron chi connectivity index (χ1n) is 9.04. The topological polar surface area (TPSA) is 80.0 Å². The summed E-state index contributed by atoms with van der Waals surface area (Å²) in [5.74, 6) is 1.74. The van der Waals surface area contributed by atoms with Gasteiger partial charge in [-0.3, -0.25) is 4.79 Å². The molecule has 2 aromatic heterocycles. The van der Waals surface area contributed by atoms with Gasteiger partial charge in [-0.05, 0) is 42.7 Å². The largest absolute Gasteiger partial charge is 0.508 e. The molecule has 2 N–H and O–H groups in total. The number of nitrogens with one attached hydrogen (secondary N) is 1. The molecule has 0 bridgehead atoms. The fourth-order valence-electron chi connectivity index (χ4n) is 2.92. The van der Waals surface area contributed by atoms with Gasteiger partial charge in [-0.15, -0.1) is 0 Å². The van der Waals surface area contributed by atoms with E-state index >= 15 is 0 Å². The van der Waals surface area contributed by atoms with E-state index in [-0.39, 0.29) is 11.7 Å². The Labute approximate surface area is 152 Å². The third-order valence-corrected chi connectivity index (χ3v) is 4.17. The lowest BCUT2D eigenvalue weighted by Crippen LogP contribution is -2.12. The van der Waals surface area contributed by atoms with Crippen LogP contribution in [0.3, 0.4) is 0 Å². The van der Waals surface area contributed by atoms with Gasteiger partial charge in [0.05, 0.1) is 6.54 Å². The number of carbonyl (C=O) groups is 1. The van der Waals surface area contributed by atoms with Crippen LogP contribution in [0, 0.1) is 0 Å². The van der Waals surface area contributed by atoms with Crippen molar-refractivity contribution in [3.8, 4) is 5.75 Å². The molecular weight excluding hydrogens is 328 g/mol. The molecule has 0 aliphatic carbocycles. The molecule has 3 rings (SSSR count). The van der Waals surface area contributed by atoms with Gasteiger partial charge in [0.1, 0.15) is 22.9 Å². The Morgan fingerprint density at radius 3 is 2.54 bits per heavy atom. The first kappa shape index (κ1) is 17.9. The van der Waals surface area contributed by atoms with Gasteiger partial charge in [0.15, 0.2) is 5.65 Å². The van der Waals surface area contributed by atoms with Gasteiger partial charge in [0.25, 0.3) is 0 Å². The highest BCUT2D eigenvalue weighted by Crippen LogP contribution is 2.21. The van der Waals surface area contributed by atoms with Crippen LogP contribution < -0.4 is 5.32 Å². The number of benzene rings is 1. The summed E-state index contributed by atoms with van der Waals surface area (Å²) in [4.78, 5) is 21.2. The molecule has 6 nitrogen and oxygen atoms in total. The summed E-state index contributed by atoms with van der Waals surface area (Å²) in [7, 11) is 0. The van der Waals surface area contributed by atoms with Crippen molar-refractivity contribution in [2.75, 3.05) is 5.32 Å². The van der Waals surface area contributed by atoms with Gasteiger partial charge in [0.2, 0.25) is 5.91 Å². The molecular formula is C20H24N4O2. The minimum atomic E-state index is -0.0299. The maximum absolute atomic E-state index is 11.9. The summed E-state index contributed by atoms with van der Waals surface area (Å²) in [5.41, 5.74) is 2.64. The number of pyridine rings is 1. The van der Waals surface area contributed by atoms with Crippen LogP contribution in [0.15, 0.2) is 36.4 Å². The van der Waals surface area contributed by atoms with Gasteiger partial charge in [-0.1, -0.05) is 26.0 Å². The summed E-state index contributed by atoms with van der Waals surface area (Å²) >= 11 is 0. The number of hydrogen-bond donors (Lipinski definition) is 2. The number of amides is 1. The quantitative estimate of drug-likeness (QED) is 0.676. The number of hydrogen-bond acceptors (Lipinski definition) is 4. The van der Waals surface area contributed by atoms with Crippen molar-refractivity contribution >= 4 is 22.9 Å². The van der Waals surface area contributed by atoms with Crippen LogP contribution in [0.5, 0.6) is 5.75 Å². The summed E-state index contributed by atoms with van der Waals surface area (Å²) in [5, 5.41) is 12.3. The lowest BCUT2D eigenvalue weighted by molar-refractivity contribution is -0.116. The Kier molecular flexibility index (Phi) is 5.51. The van der Waals surface area contributed by atoms with E-state index in [9.17, 15) is 9.90 Å². The second-order valence-electron chi connectivity index (χ2n) is 6.37. The summed E-state index contributed by atoms with van der Waals surface area (Å²) in [6.07, 6.45) is 3.12. The number of nitrogens with zero attached hydrogens (tertiary/aromatic N) is 3. The lowest BCUT2D eigenvalue weighted by Gasteiger charge is -2.09. The maximum atomic E-state index is 11.9. The Balaban J connectivity index is 1.98. The number of rotatable bonds is 7. The molecule has 1 amide bonds. The number of aryl methyl sites for hydroxylation is 1. The molecule has 0 unspecified atom stereocenters. The van der Waals surface area contributed by atoms with Crippen molar-refractivity contribution in [3.63, 3.8) is 0 Å². The zero-order valence-electron chi connectivity index (χ0n) is 15.2. The predicted octanol–water partition coefficient (Wildman–Crippen LogP) is 3.88. The average molecular weight is 352 g/mol. The molecule has 0 aliphatic rings. The molecule has 136 valence electrons. The van der Waals surface area contributed by atoms with Crippen molar-refractivity contribution in [2.24, 2.45) is 0 Å². The number of carbonyl (C=O) groups excluding carboxylic acids is 1. The summed E-state index contributed by atoms with van der Waals surface area (Å²) in [6.45, 7) is 4.71. The molecule has 1 aromatic carbocycles. The van der Waals surface area contributed by atoms with E-state index in [1.165, 1.54) is 0 Å². The number of aromatic hydroxyl groups is 1. The fourth-order valence-corrected chi connectivity index (χ4v) is 2.92. The minimum absolute atomic E-state index is 0.0299. The molecule has 0 aliphatic heterocycles. The first-order chi connectivity index (χ1) is 12.6. The summed E-state index contributed by atoms with van der Waals surface area (Å²) < 4.78 is 2.08. The van der Waals surface area contributed by atoms with Crippen molar-refractivity contribution in [2.45, 2.75) is 46.1 Å².